The van der Waals surface area contributed by atoms with Crippen LogP contribution in [-0.4, -0.2) is 43.1 Å². The second-order valence-corrected chi connectivity index (χ2v) is 5.97. The van der Waals surface area contributed by atoms with E-state index in [2.05, 4.69) is 26.1 Å². The molecule has 1 fully saturated rings. The van der Waals surface area contributed by atoms with Crippen molar-refractivity contribution in [3.8, 4) is 5.75 Å². The molecular weight excluding hydrogens is 320 g/mol. The van der Waals surface area contributed by atoms with Crippen molar-refractivity contribution in [1.29, 1.82) is 0 Å². The van der Waals surface area contributed by atoms with Gasteiger partial charge in [-0.25, -0.2) is 0 Å². The maximum absolute atomic E-state index is 11.1. The third kappa shape index (κ3) is 4.80. The van der Waals surface area contributed by atoms with E-state index in [1.165, 1.54) is 0 Å². The average molecular weight is 341 g/mol. The number of halogens is 1. The van der Waals surface area contributed by atoms with E-state index in [1.54, 1.807) is 6.92 Å². The number of rotatable bonds is 5. The molecule has 1 saturated heterocycles. The molecule has 0 radical (unpaired) electrons. The van der Waals surface area contributed by atoms with Crippen LogP contribution in [0.4, 0.5) is 0 Å². The molecule has 0 unspecified atom stereocenters. The number of likely N-dealkylation sites (tertiary alicyclic amines) is 1. The molecule has 110 valence electrons. The highest BCUT2D eigenvalue weighted by molar-refractivity contribution is 9.10. The Hall–Kier alpha value is -1.07. The van der Waals surface area contributed by atoms with Crippen LogP contribution in [0.3, 0.4) is 0 Å². The van der Waals surface area contributed by atoms with E-state index < -0.39 is 0 Å². The predicted molar refractivity (Wildman–Crippen MR) is 82.9 cm³/mol. The third-order valence-electron chi connectivity index (χ3n) is 3.41. The Bertz CT molecular complexity index is 453. The van der Waals surface area contributed by atoms with Gasteiger partial charge >= 0.3 is 0 Å². The Morgan fingerprint density at radius 3 is 3.05 bits per heavy atom. The number of ether oxygens (including phenoxy) is 1. The topological polar surface area (TPSA) is 41.6 Å². The van der Waals surface area contributed by atoms with Gasteiger partial charge in [-0.15, -0.1) is 0 Å². The highest BCUT2D eigenvalue weighted by atomic mass is 79.9. The first-order valence-corrected chi connectivity index (χ1v) is 7.81. The highest BCUT2D eigenvalue weighted by Crippen LogP contribution is 2.23. The van der Waals surface area contributed by atoms with Gasteiger partial charge in [0.1, 0.15) is 12.4 Å². The Balaban J connectivity index is 1.74. The molecule has 4 nitrogen and oxygen atoms in total. The number of nitrogens with zero attached hydrogens (tertiary/aromatic N) is 1. The van der Waals surface area contributed by atoms with E-state index >= 15 is 0 Å². The van der Waals surface area contributed by atoms with Crippen molar-refractivity contribution in [2.45, 2.75) is 25.8 Å². The molecule has 5 heteroatoms. The Morgan fingerprint density at radius 1 is 1.50 bits per heavy atom. The number of benzene rings is 1. The Morgan fingerprint density at radius 2 is 2.30 bits per heavy atom. The maximum atomic E-state index is 11.1. The summed E-state index contributed by atoms with van der Waals surface area (Å²) < 4.78 is 6.76. The Kier molecular flexibility index (Phi) is 5.86. The molecule has 1 aromatic rings. The zero-order valence-electron chi connectivity index (χ0n) is 11.8. The van der Waals surface area contributed by atoms with Gasteiger partial charge in [0, 0.05) is 26.1 Å². The van der Waals surface area contributed by atoms with Gasteiger partial charge in [0.15, 0.2) is 0 Å². The van der Waals surface area contributed by atoms with E-state index in [1.807, 2.05) is 24.3 Å². The number of hydrogen-bond acceptors (Lipinski definition) is 3. The molecule has 0 saturated carbocycles. The molecule has 1 aromatic carbocycles. The molecular formula is C15H21BrN2O2. The summed E-state index contributed by atoms with van der Waals surface area (Å²) in [5.41, 5.74) is 0. The first-order valence-electron chi connectivity index (χ1n) is 7.02. The van der Waals surface area contributed by atoms with Crippen LogP contribution >= 0.6 is 15.9 Å². The van der Waals surface area contributed by atoms with E-state index in [9.17, 15) is 4.79 Å². The smallest absolute Gasteiger partial charge is 0.217 e. The van der Waals surface area contributed by atoms with Crippen molar-refractivity contribution < 1.29 is 9.53 Å². The van der Waals surface area contributed by atoms with Gasteiger partial charge in [0.2, 0.25) is 5.91 Å². The van der Waals surface area contributed by atoms with Crippen LogP contribution in [-0.2, 0) is 4.79 Å². The average Bonchev–Trinajstić information content (AvgIpc) is 2.41. The first kappa shape index (κ1) is 15.3. The minimum atomic E-state index is 0.0568. The van der Waals surface area contributed by atoms with E-state index in [0.717, 1.165) is 42.7 Å². The number of carbonyl (C=O) groups is 1. The predicted octanol–water partition coefficient (Wildman–Crippen LogP) is 2.43. The lowest BCUT2D eigenvalue weighted by Crippen LogP contribution is -2.48. The largest absolute Gasteiger partial charge is 0.491 e. The number of para-hydroxylation sites is 1. The summed E-state index contributed by atoms with van der Waals surface area (Å²) in [4.78, 5) is 13.4. The summed E-state index contributed by atoms with van der Waals surface area (Å²) in [6.07, 6.45) is 2.20. The summed E-state index contributed by atoms with van der Waals surface area (Å²) in [5, 5.41) is 3.00. The van der Waals surface area contributed by atoms with E-state index in [4.69, 9.17) is 4.74 Å². The molecule has 1 amide bonds. The van der Waals surface area contributed by atoms with Crippen LogP contribution in [0.2, 0.25) is 0 Å². The maximum Gasteiger partial charge on any atom is 0.217 e. The molecule has 0 bridgehead atoms. The summed E-state index contributed by atoms with van der Waals surface area (Å²) in [6, 6.07) is 8.15. The monoisotopic (exact) mass is 340 g/mol. The zero-order valence-corrected chi connectivity index (χ0v) is 13.4. The second kappa shape index (κ2) is 7.64. The van der Waals surface area contributed by atoms with E-state index in [-0.39, 0.29) is 11.9 Å². The quantitative estimate of drug-likeness (QED) is 0.894. The summed E-state index contributed by atoms with van der Waals surface area (Å²) in [6.45, 7) is 5.12. The minimum Gasteiger partial charge on any atom is -0.491 e. The lowest BCUT2D eigenvalue weighted by molar-refractivity contribution is -0.120. The lowest BCUT2D eigenvalue weighted by atomic mass is 10.1. The fourth-order valence-corrected chi connectivity index (χ4v) is 2.91. The van der Waals surface area contributed by atoms with Crippen LogP contribution in [0.15, 0.2) is 28.7 Å². The van der Waals surface area contributed by atoms with Crippen LogP contribution in [0.25, 0.3) is 0 Å². The molecule has 0 aromatic heterocycles. The number of hydrogen-bond donors (Lipinski definition) is 1. The summed E-state index contributed by atoms with van der Waals surface area (Å²) in [5.74, 6) is 0.934. The zero-order chi connectivity index (χ0) is 14.4. The van der Waals surface area contributed by atoms with Crippen molar-refractivity contribution in [1.82, 2.24) is 10.2 Å². The van der Waals surface area contributed by atoms with Crippen LogP contribution in [0.5, 0.6) is 5.75 Å². The normalized spacial score (nSPS) is 19.6. The number of piperidine rings is 1. The van der Waals surface area contributed by atoms with Crippen LogP contribution in [0, 0.1) is 0 Å². The SMILES string of the molecule is CC(=O)N[C@@H]1CCCN(CCOc2ccccc2Br)C1. The van der Waals surface area contributed by atoms with Gasteiger partial charge < -0.3 is 10.1 Å². The Labute approximate surface area is 128 Å². The minimum absolute atomic E-state index is 0.0568. The molecule has 0 aliphatic carbocycles. The number of amides is 1. The molecule has 20 heavy (non-hydrogen) atoms. The van der Waals surface area contributed by atoms with Gasteiger partial charge in [-0.05, 0) is 47.4 Å². The number of carbonyl (C=O) groups excluding carboxylic acids is 1. The summed E-state index contributed by atoms with van der Waals surface area (Å²) in [7, 11) is 0. The standard InChI is InChI=1S/C15H21BrN2O2/c1-12(19)17-13-5-4-8-18(11-13)9-10-20-15-7-3-2-6-14(15)16/h2-3,6-7,13H,4-5,8-11H2,1H3,(H,17,19)/t13-/m1/s1. The molecule has 2 rings (SSSR count). The first-order chi connectivity index (χ1) is 9.65. The fourth-order valence-electron chi connectivity index (χ4n) is 2.51. The van der Waals surface area contributed by atoms with Crippen molar-refractivity contribution in [2.75, 3.05) is 26.2 Å². The molecule has 1 aliphatic heterocycles. The molecule has 0 spiro atoms. The van der Waals surface area contributed by atoms with Gasteiger partial charge in [0.05, 0.1) is 4.47 Å². The van der Waals surface area contributed by atoms with Gasteiger partial charge in [-0.2, -0.15) is 0 Å². The third-order valence-corrected chi connectivity index (χ3v) is 4.07. The van der Waals surface area contributed by atoms with Gasteiger partial charge in [-0.1, -0.05) is 12.1 Å². The fraction of sp³-hybridized carbons (Fsp3) is 0.533. The molecule has 1 heterocycles. The molecule has 1 atom stereocenters. The highest BCUT2D eigenvalue weighted by Gasteiger charge is 2.20. The second-order valence-electron chi connectivity index (χ2n) is 5.12. The van der Waals surface area contributed by atoms with Crippen molar-refractivity contribution >= 4 is 21.8 Å². The molecule has 1 N–H and O–H groups in total. The molecule has 1 aliphatic rings. The number of nitrogens with one attached hydrogen (secondary N) is 1. The summed E-state index contributed by atoms with van der Waals surface area (Å²) >= 11 is 3.47. The van der Waals surface area contributed by atoms with Gasteiger partial charge in [0.25, 0.3) is 0 Å². The van der Waals surface area contributed by atoms with Gasteiger partial charge in [-0.3, -0.25) is 9.69 Å². The van der Waals surface area contributed by atoms with E-state index in [0.29, 0.717) is 6.61 Å². The van der Waals surface area contributed by atoms with Crippen LogP contribution in [0.1, 0.15) is 19.8 Å². The lowest BCUT2D eigenvalue weighted by Gasteiger charge is -2.32. The van der Waals surface area contributed by atoms with Crippen LogP contribution < -0.4 is 10.1 Å². The van der Waals surface area contributed by atoms with Crippen molar-refractivity contribution in [2.24, 2.45) is 0 Å². The van der Waals surface area contributed by atoms with Crippen molar-refractivity contribution in [3.63, 3.8) is 0 Å². The van der Waals surface area contributed by atoms with Crippen molar-refractivity contribution in [3.05, 3.63) is 28.7 Å².